The number of hydrogen-bond donors (Lipinski definition) is 0. The van der Waals surface area contributed by atoms with Gasteiger partial charge in [0.1, 0.15) is 16.3 Å². The zero-order valence-corrected chi connectivity index (χ0v) is 11.0. The topological polar surface area (TPSA) is 38.7 Å². The molecular weight excluding hydrogens is 270 g/mol. The van der Waals surface area contributed by atoms with Crippen molar-refractivity contribution in [1.29, 1.82) is 0 Å². The van der Waals surface area contributed by atoms with Crippen LogP contribution in [-0.4, -0.2) is 23.4 Å². The van der Waals surface area contributed by atoms with Crippen LogP contribution in [0.3, 0.4) is 0 Å². The highest BCUT2D eigenvalue weighted by molar-refractivity contribution is 9.10. The highest BCUT2D eigenvalue weighted by atomic mass is 79.9. The first-order valence-electron chi connectivity index (χ1n) is 4.97. The molecule has 0 radical (unpaired) electrons. The minimum atomic E-state index is -0.314. The van der Waals surface area contributed by atoms with Crippen molar-refractivity contribution in [2.75, 3.05) is 7.11 Å². The first kappa shape index (κ1) is 11.3. The third-order valence-electron chi connectivity index (χ3n) is 2.70. The van der Waals surface area contributed by atoms with E-state index in [2.05, 4.69) is 20.9 Å². The molecule has 1 heterocycles. The monoisotopic (exact) mass is 281 g/mol. The van der Waals surface area contributed by atoms with Crippen LogP contribution >= 0.6 is 15.9 Å². The van der Waals surface area contributed by atoms with Crippen LogP contribution in [0.5, 0.6) is 5.75 Å². The van der Waals surface area contributed by atoms with E-state index in [1.54, 1.807) is 7.11 Å². The lowest BCUT2D eigenvalue weighted by Gasteiger charge is -2.20. The summed E-state index contributed by atoms with van der Waals surface area (Å²) >= 11 is 3.35. The Morgan fingerprint density at radius 3 is 2.69 bits per heavy atom. The molecule has 0 aromatic heterocycles. The first-order chi connectivity index (χ1) is 7.56. The summed E-state index contributed by atoms with van der Waals surface area (Å²) < 4.78 is 5.22. The maximum atomic E-state index is 12.1. The number of methoxy groups -OCH3 is 1. The molecule has 1 atom stereocenters. The van der Waals surface area contributed by atoms with E-state index in [4.69, 9.17) is 4.74 Å². The van der Waals surface area contributed by atoms with Crippen LogP contribution < -0.4 is 4.74 Å². The predicted octanol–water partition coefficient (Wildman–Crippen LogP) is 3.06. The molecule has 0 N–H and O–H groups in total. The molecule has 1 aromatic carbocycles. The predicted molar refractivity (Wildman–Crippen MR) is 67.5 cm³/mol. The summed E-state index contributed by atoms with van der Waals surface area (Å²) in [5, 5.41) is 0. The quantitative estimate of drug-likeness (QED) is 0.742. The molecule has 0 spiro atoms. The SMILES string of the molecule is COc1ccc(C)c2c1N=C(C)C(Br)C2=O. The van der Waals surface area contributed by atoms with E-state index in [9.17, 15) is 4.79 Å². The van der Waals surface area contributed by atoms with Gasteiger partial charge in [0.25, 0.3) is 0 Å². The lowest BCUT2D eigenvalue weighted by molar-refractivity contribution is 0.100. The molecule has 0 fully saturated rings. The van der Waals surface area contributed by atoms with Crippen LogP contribution in [0, 0.1) is 6.92 Å². The standard InChI is InChI=1S/C12H12BrNO2/c1-6-4-5-8(16-3)11-9(6)12(15)10(13)7(2)14-11/h4-5,10H,1-3H3. The molecule has 1 aliphatic heterocycles. The number of hydrogen-bond acceptors (Lipinski definition) is 3. The number of carbonyl (C=O) groups excluding carboxylic acids is 1. The number of aryl methyl sites for hydroxylation is 1. The molecule has 4 heteroatoms. The number of aliphatic imine (C=N–C) groups is 1. The third kappa shape index (κ3) is 1.57. The Kier molecular flexibility index (Phi) is 2.84. The maximum absolute atomic E-state index is 12.1. The number of alkyl halides is 1. The summed E-state index contributed by atoms with van der Waals surface area (Å²) in [6.45, 7) is 3.74. The van der Waals surface area contributed by atoms with Gasteiger partial charge in [-0.25, -0.2) is 0 Å². The molecule has 1 aromatic rings. The number of fused-ring (bicyclic) bond motifs is 1. The normalized spacial score (nSPS) is 19.1. The Morgan fingerprint density at radius 2 is 2.06 bits per heavy atom. The fraction of sp³-hybridized carbons (Fsp3) is 0.333. The molecular formula is C12H12BrNO2. The van der Waals surface area contributed by atoms with Gasteiger partial charge in [-0.15, -0.1) is 0 Å². The van der Waals surface area contributed by atoms with Gasteiger partial charge in [0, 0.05) is 5.71 Å². The van der Waals surface area contributed by atoms with Gasteiger partial charge >= 0.3 is 0 Å². The van der Waals surface area contributed by atoms with Crippen LogP contribution in [0.2, 0.25) is 0 Å². The van der Waals surface area contributed by atoms with E-state index in [0.717, 1.165) is 11.3 Å². The molecule has 0 bridgehead atoms. The smallest absolute Gasteiger partial charge is 0.184 e. The Bertz CT molecular complexity index is 494. The van der Waals surface area contributed by atoms with Crippen LogP contribution in [0.25, 0.3) is 0 Å². The number of ketones is 1. The van der Waals surface area contributed by atoms with E-state index in [-0.39, 0.29) is 10.6 Å². The Balaban J connectivity index is 2.74. The lowest BCUT2D eigenvalue weighted by atomic mass is 9.95. The molecule has 84 valence electrons. The number of Topliss-reactive ketones (excluding diaryl/α,β-unsaturated/α-hetero) is 1. The van der Waals surface area contributed by atoms with Gasteiger partial charge in [-0.2, -0.15) is 0 Å². The molecule has 16 heavy (non-hydrogen) atoms. The van der Waals surface area contributed by atoms with E-state index < -0.39 is 0 Å². The van der Waals surface area contributed by atoms with Crippen LogP contribution in [-0.2, 0) is 0 Å². The van der Waals surface area contributed by atoms with Crippen molar-refractivity contribution < 1.29 is 9.53 Å². The molecule has 3 nitrogen and oxygen atoms in total. The maximum Gasteiger partial charge on any atom is 0.184 e. The molecule has 1 aliphatic rings. The van der Waals surface area contributed by atoms with Crippen LogP contribution in [0.15, 0.2) is 17.1 Å². The summed E-state index contributed by atoms with van der Waals surface area (Å²) in [6, 6.07) is 3.72. The molecule has 0 aliphatic carbocycles. The van der Waals surface area contributed by atoms with Gasteiger partial charge in [0.05, 0.1) is 12.7 Å². The highest BCUT2D eigenvalue weighted by Gasteiger charge is 2.30. The minimum Gasteiger partial charge on any atom is -0.494 e. The van der Waals surface area contributed by atoms with Crippen LogP contribution in [0.1, 0.15) is 22.8 Å². The van der Waals surface area contributed by atoms with E-state index in [0.29, 0.717) is 17.0 Å². The summed E-state index contributed by atoms with van der Waals surface area (Å²) in [7, 11) is 1.58. The van der Waals surface area contributed by atoms with E-state index >= 15 is 0 Å². The summed E-state index contributed by atoms with van der Waals surface area (Å²) in [5.74, 6) is 0.701. The summed E-state index contributed by atoms with van der Waals surface area (Å²) in [4.78, 5) is 16.3. The summed E-state index contributed by atoms with van der Waals surface area (Å²) in [5.41, 5.74) is 3.01. The van der Waals surface area contributed by atoms with Crippen molar-refractivity contribution in [1.82, 2.24) is 0 Å². The number of rotatable bonds is 1. The van der Waals surface area contributed by atoms with E-state index in [1.807, 2.05) is 26.0 Å². The minimum absolute atomic E-state index is 0.0545. The van der Waals surface area contributed by atoms with Gasteiger partial charge < -0.3 is 4.74 Å². The fourth-order valence-corrected chi connectivity index (χ4v) is 2.14. The van der Waals surface area contributed by atoms with Crippen molar-refractivity contribution >= 4 is 33.1 Å². The van der Waals surface area contributed by atoms with Crippen molar-refractivity contribution in [2.45, 2.75) is 18.7 Å². The van der Waals surface area contributed by atoms with Crippen molar-refractivity contribution in [3.05, 3.63) is 23.3 Å². The largest absolute Gasteiger partial charge is 0.494 e. The Labute approximate surface area is 103 Å². The molecule has 0 amide bonds. The molecule has 1 unspecified atom stereocenters. The average Bonchev–Trinajstić information content (AvgIpc) is 2.26. The number of ether oxygens (including phenoxy) is 1. The number of halogens is 1. The molecule has 0 saturated heterocycles. The lowest BCUT2D eigenvalue weighted by Crippen LogP contribution is -2.26. The van der Waals surface area contributed by atoms with Crippen LogP contribution in [0.4, 0.5) is 5.69 Å². The number of benzene rings is 1. The van der Waals surface area contributed by atoms with Gasteiger partial charge in [-0.1, -0.05) is 22.0 Å². The zero-order valence-electron chi connectivity index (χ0n) is 9.37. The van der Waals surface area contributed by atoms with Gasteiger partial charge in [0.2, 0.25) is 0 Å². The number of nitrogens with zero attached hydrogens (tertiary/aromatic N) is 1. The van der Waals surface area contributed by atoms with Crippen molar-refractivity contribution in [3.63, 3.8) is 0 Å². The second-order valence-electron chi connectivity index (χ2n) is 3.79. The third-order valence-corrected chi connectivity index (χ3v) is 3.78. The average molecular weight is 282 g/mol. The Hall–Kier alpha value is -1.16. The zero-order chi connectivity index (χ0) is 11.9. The van der Waals surface area contributed by atoms with Crippen molar-refractivity contribution in [2.24, 2.45) is 4.99 Å². The van der Waals surface area contributed by atoms with Gasteiger partial charge in [0.15, 0.2) is 5.78 Å². The van der Waals surface area contributed by atoms with Crippen molar-refractivity contribution in [3.8, 4) is 5.75 Å². The van der Waals surface area contributed by atoms with Gasteiger partial charge in [-0.05, 0) is 25.5 Å². The van der Waals surface area contributed by atoms with E-state index in [1.165, 1.54) is 0 Å². The Morgan fingerprint density at radius 1 is 1.38 bits per heavy atom. The molecule has 0 saturated carbocycles. The number of carbonyl (C=O) groups is 1. The summed E-state index contributed by atoms with van der Waals surface area (Å²) in [6.07, 6.45) is 0. The highest BCUT2D eigenvalue weighted by Crippen LogP contribution is 2.38. The first-order valence-corrected chi connectivity index (χ1v) is 5.89. The fourth-order valence-electron chi connectivity index (χ4n) is 1.81. The van der Waals surface area contributed by atoms with Gasteiger partial charge in [-0.3, -0.25) is 9.79 Å². The molecule has 2 rings (SSSR count). The second kappa shape index (κ2) is 4.01. The second-order valence-corrected chi connectivity index (χ2v) is 4.70.